The number of benzene rings is 1. The van der Waals surface area contributed by atoms with E-state index in [1.807, 2.05) is 36.5 Å². The number of thioether (sulfide) groups is 1. The minimum absolute atomic E-state index is 0.0561. The van der Waals surface area contributed by atoms with Crippen molar-refractivity contribution < 1.29 is 14.1 Å². The summed E-state index contributed by atoms with van der Waals surface area (Å²) in [7, 11) is 1.74. The third-order valence-corrected chi connectivity index (χ3v) is 5.34. The summed E-state index contributed by atoms with van der Waals surface area (Å²) >= 11 is 1.28. The molecule has 8 nitrogen and oxygen atoms in total. The van der Waals surface area contributed by atoms with Crippen LogP contribution in [0.5, 0.6) is 0 Å². The van der Waals surface area contributed by atoms with Crippen LogP contribution in [0.25, 0.3) is 5.69 Å². The maximum Gasteiger partial charge on any atom is 0.238 e. The average molecular weight is 414 g/mol. The van der Waals surface area contributed by atoms with E-state index >= 15 is 0 Å². The van der Waals surface area contributed by atoms with Crippen molar-refractivity contribution in [3.63, 3.8) is 0 Å². The van der Waals surface area contributed by atoms with Gasteiger partial charge in [-0.1, -0.05) is 23.4 Å². The largest absolute Gasteiger partial charge is 0.360 e. The summed E-state index contributed by atoms with van der Waals surface area (Å²) in [6, 6.07) is 11.4. The highest BCUT2D eigenvalue weighted by atomic mass is 32.2. The van der Waals surface area contributed by atoms with E-state index in [2.05, 4.69) is 15.6 Å². The molecule has 0 saturated carbocycles. The molecule has 1 N–H and O–H groups in total. The summed E-state index contributed by atoms with van der Waals surface area (Å²) in [5.74, 6) is 0.921. The first-order valence-electron chi connectivity index (χ1n) is 9.11. The van der Waals surface area contributed by atoms with Crippen LogP contribution in [-0.2, 0) is 16.1 Å². The Balaban J connectivity index is 1.46. The Kier molecular flexibility index (Phi) is 6.71. The maximum absolute atomic E-state index is 12.4. The molecule has 2 amide bonds. The molecule has 0 saturated heterocycles. The molecular weight excluding hydrogens is 390 g/mol. The maximum atomic E-state index is 12.4. The Labute approximate surface area is 173 Å². The molecule has 0 bridgehead atoms. The number of amides is 2. The van der Waals surface area contributed by atoms with E-state index in [-0.39, 0.29) is 17.6 Å². The lowest BCUT2D eigenvalue weighted by molar-refractivity contribution is -0.127. The first kappa shape index (κ1) is 20.7. The average Bonchev–Trinajstić information content (AvgIpc) is 3.35. The summed E-state index contributed by atoms with van der Waals surface area (Å²) in [6.45, 7) is 3.95. The highest BCUT2D eigenvalue weighted by Gasteiger charge is 2.18. The quantitative estimate of drug-likeness (QED) is 0.610. The van der Waals surface area contributed by atoms with E-state index in [1.54, 1.807) is 42.7 Å². The van der Waals surface area contributed by atoms with Crippen molar-refractivity contribution >= 4 is 29.4 Å². The van der Waals surface area contributed by atoms with Crippen LogP contribution in [-0.4, -0.2) is 49.7 Å². The zero-order valence-electron chi connectivity index (χ0n) is 16.5. The van der Waals surface area contributed by atoms with Gasteiger partial charge in [0.1, 0.15) is 5.76 Å². The van der Waals surface area contributed by atoms with Gasteiger partial charge in [0.2, 0.25) is 11.8 Å². The minimum atomic E-state index is -0.398. The summed E-state index contributed by atoms with van der Waals surface area (Å²) in [4.78, 5) is 26.2. The summed E-state index contributed by atoms with van der Waals surface area (Å²) < 4.78 is 6.70. The van der Waals surface area contributed by atoms with Crippen LogP contribution in [0.3, 0.4) is 0 Å². The second-order valence-corrected chi connectivity index (χ2v) is 7.97. The lowest BCUT2D eigenvalue weighted by Gasteiger charge is -2.17. The molecule has 9 heteroatoms. The molecule has 3 aromatic rings. The van der Waals surface area contributed by atoms with Gasteiger partial charge in [0.05, 0.1) is 22.9 Å². The Morgan fingerprint density at radius 2 is 2.07 bits per heavy atom. The molecule has 0 radical (unpaired) electrons. The normalized spacial score (nSPS) is 11.8. The molecule has 152 valence electrons. The molecule has 3 rings (SSSR count). The van der Waals surface area contributed by atoms with Crippen LogP contribution < -0.4 is 5.32 Å². The van der Waals surface area contributed by atoms with Crippen LogP contribution >= 0.6 is 11.8 Å². The molecule has 0 aliphatic rings. The van der Waals surface area contributed by atoms with Crippen molar-refractivity contribution in [1.82, 2.24) is 19.8 Å². The molecule has 0 fully saturated rings. The van der Waals surface area contributed by atoms with Crippen LogP contribution in [0.15, 0.2) is 53.3 Å². The monoisotopic (exact) mass is 413 g/mol. The van der Waals surface area contributed by atoms with E-state index in [1.165, 1.54) is 11.8 Å². The van der Waals surface area contributed by atoms with Crippen molar-refractivity contribution in [2.75, 3.05) is 18.1 Å². The third-order valence-electron chi connectivity index (χ3n) is 4.21. The smallest absolute Gasteiger partial charge is 0.238 e. The van der Waals surface area contributed by atoms with Gasteiger partial charge in [0.25, 0.3) is 0 Å². The van der Waals surface area contributed by atoms with Gasteiger partial charge in [-0.15, -0.1) is 11.8 Å². The van der Waals surface area contributed by atoms with Gasteiger partial charge < -0.3 is 14.7 Å². The number of rotatable bonds is 8. The lowest BCUT2D eigenvalue weighted by atomic mass is 10.3. The summed E-state index contributed by atoms with van der Waals surface area (Å²) in [5.41, 5.74) is 1.90. The van der Waals surface area contributed by atoms with Gasteiger partial charge in [-0.2, -0.15) is 5.10 Å². The number of hydrogen-bond donors (Lipinski definition) is 1. The highest BCUT2D eigenvalue weighted by molar-refractivity contribution is 8.01. The Hall–Kier alpha value is -3.07. The Bertz CT molecular complexity index is 969. The molecule has 1 aromatic carbocycles. The Morgan fingerprint density at radius 1 is 1.31 bits per heavy atom. The third kappa shape index (κ3) is 5.71. The van der Waals surface area contributed by atoms with Crippen LogP contribution in [0.1, 0.15) is 18.2 Å². The van der Waals surface area contributed by atoms with Crippen LogP contribution in [0.4, 0.5) is 5.82 Å². The molecule has 2 aromatic heterocycles. The SMILES string of the molecule is Cc1cc(NC(=O)[C@H](C)SCC(=O)N(C)Cc2cnn(-c3ccccc3)c2)no1. The second kappa shape index (κ2) is 9.42. The van der Waals surface area contributed by atoms with Crippen LogP contribution in [0.2, 0.25) is 0 Å². The predicted octanol–water partition coefficient (Wildman–Crippen LogP) is 2.89. The number of carbonyl (C=O) groups is 2. The highest BCUT2D eigenvalue weighted by Crippen LogP contribution is 2.16. The number of para-hydroxylation sites is 1. The zero-order chi connectivity index (χ0) is 20.8. The fourth-order valence-electron chi connectivity index (χ4n) is 2.56. The number of nitrogens with one attached hydrogen (secondary N) is 1. The molecular formula is C20H23N5O3S. The van der Waals surface area contributed by atoms with E-state index in [4.69, 9.17) is 4.52 Å². The Morgan fingerprint density at radius 3 is 2.76 bits per heavy atom. The number of aryl methyl sites for hydroxylation is 1. The van der Waals surface area contributed by atoms with Crippen molar-refractivity contribution in [1.29, 1.82) is 0 Å². The zero-order valence-corrected chi connectivity index (χ0v) is 17.3. The predicted molar refractivity (Wildman–Crippen MR) is 112 cm³/mol. The fraction of sp³-hybridized carbons (Fsp3) is 0.300. The van der Waals surface area contributed by atoms with E-state index in [9.17, 15) is 9.59 Å². The first-order valence-corrected chi connectivity index (χ1v) is 10.2. The van der Waals surface area contributed by atoms with Gasteiger partial charge in [-0.25, -0.2) is 4.68 Å². The van der Waals surface area contributed by atoms with Gasteiger partial charge in [-0.05, 0) is 26.0 Å². The lowest BCUT2D eigenvalue weighted by Crippen LogP contribution is -2.30. The standard InChI is InChI=1S/C20H23N5O3S/c1-14-9-18(23-28-14)22-20(27)15(2)29-13-19(26)24(3)11-16-10-21-25(12-16)17-7-5-4-6-8-17/h4-10,12,15H,11,13H2,1-3H3,(H,22,23,27)/t15-/m0/s1. The van der Waals surface area contributed by atoms with Gasteiger partial charge in [0, 0.05) is 31.4 Å². The number of hydrogen-bond acceptors (Lipinski definition) is 6. The topological polar surface area (TPSA) is 93.3 Å². The van der Waals surface area contributed by atoms with Crippen molar-refractivity contribution in [2.24, 2.45) is 0 Å². The van der Waals surface area contributed by atoms with Crippen molar-refractivity contribution in [3.05, 3.63) is 60.1 Å². The number of carbonyl (C=O) groups excluding carboxylic acids is 2. The van der Waals surface area contributed by atoms with E-state index in [0.717, 1.165) is 11.3 Å². The number of anilines is 1. The fourth-order valence-corrected chi connectivity index (χ4v) is 3.38. The number of aromatic nitrogens is 3. The van der Waals surface area contributed by atoms with Gasteiger partial charge in [0.15, 0.2) is 5.82 Å². The molecule has 2 heterocycles. The molecule has 1 atom stereocenters. The van der Waals surface area contributed by atoms with Crippen molar-refractivity contribution in [3.8, 4) is 5.69 Å². The first-order chi connectivity index (χ1) is 13.9. The van der Waals surface area contributed by atoms with E-state index in [0.29, 0.717) is 18.1 Å². The summed E-state index contributed by atoms with van der Waals surface area (Å²) in [5, 5.41) is 10.4. The van der Waals surface area contributed by atoms with Gasteiger partial charge in [-0.3, -0.25) is 9.59 Å². The molecule has 0 aliphatic heterocycles. The minimum Gasteiger partial charge on any atom is -0.360 e. The second-order valence-electron chi connectivity index (χ2n) is 6.64. The molecule has 0 aliphatic carbocycles. The summed E-state index contributed by atoms with van der Waals surface area (Å²) in [6.07, 6.45) is 3.65. The van der Waals surface area contributed by atoms with Crippen LogP contribution in [0, 0.1) is 6.92 Å². The number of nitrogens with zero attached hydrogens (tertiary/aromatic N) is 4. The van der Waals surface area contributed by atoms with Gasteiger partial charge >= 0.3 is 0 Å². The molecule has 0 spiro atoms. The molecule has 29 heavy (non-hydrogen) atoms. The molecule has 0 unspecified atom stereocenters. The van der Waals surface area contributed by atoms with Crippen molar-refractivity contribution in [2.45, 2.75) is 25.6 Å². The van der Waals surface area contributed by atoms with E-state index < -0.39 is 5.25 Å².